The minimum Gasteiger partial charge on any atom is -0.444 e. The minimum atomic E-state index is -1.25. The SMILES string of the molecule is Cc1cc(-c2n[nH]c([C@H]3CCCOC3)n2)cnc1CN1CCC(c2cccc3c2O[C@](C)(c2ccc(Cl)cc2F)O3)CC1. The van der Waals surface area contributed by atoms with Crippen molar-refractivity contribution in [3.63, 3.8) is 0 Å². The van der Waals surface area contributed by atoms with Gasteiger partial charge in [0, 0.05) is 48.3 Å². The number of likely N-dealkylation sites (tertiary alicyclic amines) is 1. The predicted molar refractivity (Wildman–Crippen MR) is 161 cm³/mol. The standard InChI is InChI=1S/C33H35ClFN5O3/c1-20-15-23(32-37-31(38-39-32)22-5-4-14-41-19-22)17-36-28(20)18-40-12-10-21(11-13-40)25-6-3-7-29-30(25)43-33(2,42-29)26-9-8-24(34)16-27(26)35/h3,6-9,15-17,21-22H,4-5,10-14,18-19H2,1-2H3,(H,37,38,39)/t22-,33+/m0/s1. The molecular weight excluding hydrogens is 569 g/mol. The van der Waals surface area contributed by atoms with Gasteiger partial charge in [-0.05, 0) is 87.5 Å². The number of aromatic nitrogens is 4. The summed E-state index contributed by atoms with van der Waals surface area (Å²) in [6.07, 6.45) is 5.96. The maximum absolute atomic E-state index is 14.8. The monoisotopic (exact) mass is 603 g/mol. The fourth-order valence-electron chi connectivity index (χ4n) is 6.48. The Hall–Kier alpha value is -3.53. The highest BCUT2D eigenvalue weighted by Gasteiger charge is 2.43. The molecule has 5 heterocycles. The van der Waals surface area contributed by atoms with Crippen molar-refractivity contribution in [3.05, 3.63) is 87.7 Å². The van der Waals surface area contributed by atoms with E-state index in [9.17, 15) is 4.39 Å². The summed E-state index contributed by atoms with van der Waals surface area (Å²) in [7, 11) is 0. The molecule has 4 aromatic rings. The molecule has 7 rings (SSSR count). The van der Waals surface area contributed by atoms with Crippen LogP contribution in [0.1, 0.15) is 72.7 Å². The molecule has 3 aliphatic rings. The molecule has 10 heteroatoms. The second-order valence-corrected chi connectivity index (χ2v) is 12.4. The number of nitrogens with one attached hydrogen (secondary N) is 1. The van der Waals surface area contributed by atoms with Gasteiger partial charge in [0.15, 0.2) is 17.3 Å². The van der Waals surface area contributed by atoms with Crippen LogP contribution in [0.4, 0.5) is 4.39 Å². The number of aromatic amines is 1. The minimum absolute atomic E-state index is 0.276. The number of nitrogens with zero attached hydrogens (tertiary/aromatic N) is 4. The van der Waals surface area contributed by atoms with E-state index in [2.05, 4.69) is 34.2 Å². The van der Waals surface area contributed by atoms with Crippen LogP contribution in [-0.2, 0) is 17.1 Å². The van der Waals surface area contributed by atoms with Crippen molar-refractivity contribution in [1.29, 1.82) is 0 Å². The topological polar surface area (TPSA) is 85.4 Å². The molecule has 0 aliphatic carbocycles. The highest BCUT2D eigenvalue weighted by molar-refractivity contribution is 6.30. The second-order valence-electron chi connectivity index (χ2n) is 11.9. The van der Waals surface area contributed by atoms with E-state index in [1.54, 1.807) is 19.1 Å². The molecule has 2 saturated heterocycles. The zero-order chi connectivity index (χ0) is 29.6. The molecule has 224 valence electrons. The number of fused-ring (bicyclic) bond motifs is 1. The molecule has 2 atom stereocenters. The number of aryl methyl sites for hydroxylation is 1. The summed E-state index contributed by atoms with van der Waals surface area (Å²) in [5.41, 5.74) is 4.55. The van der Waals surface area contributed by atoms with Gasteiger partial charge in [-0.1, -0.05) is 23.7 Å². The Morgan fingerprint density at radius 3 is 2.72 bits per heavy atom. The molecule has 0 saturated carbocycles. The van der Waals surface area contributed by atoms with Gasteiger partial charge in [0.05, 0.1) is 17.9 Å². The van der Waals surface area contributed by atoms with Crippen molar-refractivity contribution in [1.82, 2.24) is 25.1 Å². The van der Waals surface area contributed by atoms with Gasteiger partial charge < -0.3 is 14.2 Å². The van der Waals surface area contributed by atoms with Crippen LogP contribution in [0.25, 0.3) is 11.4 Å². The number of hydrogen-bond donors (Lipinski definition) is 1. The summed E-state index contributed by atoms with van der Waals surface area (Å²) >= 11 is 5.97. The average molecular weight is 604 g/mol. The lowest BCUT2D eigenvalue weighted by molar-refractivity contribution is -0.0712. The third kappa shape index (κ3) is 5.61. The Morgan fingerprint density at radius 2 is 1.95 bits per heavy atom. The van der Waals surface area contributed by atoms with E-state index in [1.165, 1.54) is 6.07 Å². The van der Waals surface area contributed by atoms with Crippen LogP contribution in [0, 0.1) is 12.7 Å². The smallest absolute Gasteiger partial charge is 0.278 e. The van der Waals surface area contributed by atoms with E-state index in [0.29, 0.717) is 40.4 Å². The van der Waals surface area contributed by atoms with E-state index >= 15 is 0 Å². The third-order valence-corrected chi connectivity index (χ3v) is 9.16. The van der Waals surface area contributed by atoms with Crippen molar-refractivity contribution in [2.24, 2.45) is 0 Å². The van der Waals surface area contributed by atoms with Crippen LogP contribution in [0.5, 0.6) is 11.5 Å². The van der Waals surface area contributed by atoms with Crippen LogP contribution >= 0.6 is 11.6 Å². The number of rotatable bonds is 6. The number of piperidine rings is 1. The summed E-state index contributed by atoms with van der Waals surface area (Å²) in [4.78, 5) is 12.0. The van der Waals surface area contributed by atoms with E-state index in [4.69, 9.17) is 35.8 Å². The number of hydrogen-bond acceptors (Lipinski definition) is 7. The maximum Gasteiger partial charge on any atom is 0.278 e. The number of ether oxygens (including phenoxy) is 3. The molecule has 0 bridgehead atoms. The first kappa shape index (κ1) is 28.3. The van der Waals surface area contributed by atoms with E-state index in [0.717, 1.165) is 80.1 Å². The van der Waals surface area contributed by atoms with Crippen molar-refractivity contribution in [3.8, 4) is 22.9 Å². The molecule has 0 amide bonds. The van der Waals surface area contributed by atoms with Gasteiger partial charge in [0.1, 0.15) is 11.6 Å². The molecule has 2 aromatic heterocycles. The molecule has 3 aliphatic heterocycles. The number of para-hydroxylation sites is 1. The Kier molecular flexibility index (Phi) is 7.57. The molecule has 2 fully saturated rings. The molecule has 1 N–H and O–H groups in total. The Balaban J connectivity index is 0.994. The fourth-order valence-corrected chi connectivity index (χ4v) is 6.64. The summed E-state index contributed by atoms with van der Waals surface area (Å²) in [5, 5.41) is 7.90. The van der Waals surface area contributed by atoms with E-state index < -0.39 is 11.6 Å². The zero-order valence-electron chi connectivity index (χ0n) is 24.4. The zero-order valence-corrected chi connectivity index (χ0v) is 25.2. The first-order chi connectivity index (χ1) is 20.9. The number of pyridine rings is 1. The number of benzene rings is 2. The van der Waals surface area contributed by atoms with Gasteiger partial charge in [0.25, 0.3) is 5.79 Å². The first-order valence-electron chi connectivity index (χ1n) is 15.0. The second kappa shape index (κ2) is 11.5. The van der Waals surface area contributed by atoms with Crippen molar-refractivity contribution in [2.45, 2.75) is 63.7 Å². The van der Waals surface area contributed by atoms with E-state index in [-0.39, 0.29) is 5.92 Å². The van der Waals surface area contributed by atoms with Gasteiger partial charge >= 0.3 is 0 Å². The van der Waals surface area contributed by atoms with Gasteiger partial charge in [-0.15, -0.1) is 0 Å². The fraction of sp³-hybridized carbons (Fsp3) is 0.424. The molecular formula is C33H35ClFN5O3. The van der Waals surface area contributed by atoms with Crippen LogP contribution in [0.2, 0.25) is 5.02 Å². The van der Waals surface area contributed by atoms with Crippen molar-refractivity contribution < 1.29 is 18.6 Å². The summed E-state index contributed by atoms with van der Waals surface area (Å²) in [6, 6.07) is 12.7. The normalized spacial score (nSPS) is 22.7. The predicted octanol–water partition coefficient (Wildman–Crippen LogP) is 6.89. The summed E-state index contributed by atoms with van der Waals surface area (Å²) in [5.74, 6) is 1.81. The van der Waals surface area contributed by atoms with Gasteiger partial charge in [-0.2, -0.15) is 5.10 Å². The van der Waals surface area contributed by atoms with Crippen LogP contribution < -0.4 is 9.47 Å². The number of H-pyrrole nitrogens is 1. The Morgan fingerprint density at radius 1 is 1.09 bits per heavy atom. The van der Waals surface area contributed by atoms with Gasteiger partial charge in [-0.3, -0.25) is 15.0 Å². The van der Waals surface area contributed by atoms with Crippen molar-refractivity contribution >= 4 is 11.6 Å². The molecule has 8 nitrogen and oxygen atoms in total. The summed E-state index contributed by atoms with van der Waals surface area (Å²) in [6.45, 7) is 8.04. The quantitative estimate of drug-likeness (QED) is 0.257. The van der Waals surface area contributed by atoms with Crippen LogP contribution in [0.15, 0.2) is 48.7 Å². The lowest BCUT2D eigenvalue weighted by Crippen LogP contribution is -2.34. The Bertz CT molecular complexity index is 1630. The highest BCUT2D eigenvalue weighted by Crippen LogP contribution is 2.49. The van der Waals surface area contributed by atoms with Gasteiger partial charge in [-0.25, -0.2) is 9.37 Å². The van der Waals surface area contributed by atoms with Crippen molar-refractivity contribution in [2.75, 3.05) is 26.3 Å². The first-order valence-corrected chi connectivity index (χ1v) is 15.4. The lowest BCUT2D eigenvalue weighted by atomic mass is 9.88. The number of halogens is 2. The highest BCUT2D eigenvalue weighted by atomic mass is 35.5. The van der Waals surface area contributed by atoms with Crippen LogP contribution in [0.3, 0.4) is 0 Å². The molecule has 43 heavy (non-hydrogen) atoms. The average Bonchev–Trinajstić information content (AvgIpc) is 3.64. The maximum atomic E-state index is 14.8. The lowest BCUT2D eigenvalue weighted by Gasteiger charge is -2.32. The molecule has 0 unspecified atom stereocenters. The Labute approximate surface area is 255 Å². The molecule has 2 aromatic carbocycles. The molecule has 0 spiro atoms. The molecule has 0 radical (unpaired) electrons. The van der Waals surface area contributed by atoms with Gasteiger partial charge in [0.2, 0.25) is 0 Å². The van der Waals surface area contributed by atoms with Crippen LogP contribution in [-0.4, -0.2) is 51.4 Å². The summed E-state index contributed by atoms with van der Waals surface area (Å²) < 4.78 is 32.9. The third-order valence-electron chi connectivity index (χ3n) is 8.93. The largest absolute Gasteiger partial charge is 0.444 e. The van der Waals surface area contributed by atoms with E-state index in [1.807, 2.05) is 18.3 Å².